The molecule has 35 heavy (non-hydrogen) atoms. The molecule has 1 aliphatic carbocycles. The predicted octanol–water partition coefficient (Wildman–Crippen LogP) is 3.52. The van der Waals surface area contributed by atoms with Crippen molar-refractivity contribution >= 4 is 28.7 Å². The summed E-state index contributed by atoms with van der Waals surface area (Å²) in [6.45, 7) is 0.570. The van der Waals surface area contributed by atoms with Crippen LogP contribution in [0.15, 0.2) is 67.3 Å². The molecule has 9 heteroatoms. The molecule has 0 unspecified atom stereocenters. The minimum atomic E-state index is -0.0937. The van der Waals surface area contributed by atoms with Crippen LogP contribution < -0.4 is 21.7 Å². The number of imidazole rings is 1. The van der Waals surface area contributed by atoms with Gasteiger partial charge in [-0.3, -0.25) is 9.78 Å². The Hall–Kier alpha value is -3.98. The number of nitrogens with two attached hydrogens (primary N) is 1. The summed E-state index contributed by atoms with van der Waals surface area (Å²) in [7, 11) is 0. The van der Waals surface area contributed by atoms with E-state index in [0.29, 0.717) is 24.2 Å². The second-order valence-electron chi connectivity index (χ2n) is 8.96. The van der Waals surface area contributed by atoms with Crippen molar-refractivity contribution in [2.24, 2.45) is 5.73 Å². The number of nitrogens with one attached hydrogen (secondary N) is 3. The first kappa shape index (κ1) is 22.8. The maximum Gasteiger partial charge on any atom is 0.251 e. The first-order valence-electron chi connectivity index (χ1n) is 12.0. The van der Waals surface area contributed by atoms with Crippen LogP contribution in [0.4, 0.5) is 17.2 Å². The minimum Gasteiger partial charge on any atom is -0.366 e. The normalized spacial score (nSPS) is 17.7. The van der Waals surface area contributed by atoms with Crippen molar-refractivity contribution in [1.82, 2.24) is 24.9 Å². The topological polar surface area (TPSA) is 122 Å². The Bertz CT molecular complexity index is 1260. The SMILES string of the molecule is NC1CCC(Nc2cc(Nc3ccc(C(=O)NCCc4ccncc4)cc3)c3nccn3n2)CC1. The average molecular weight is 471 g/mol. The van der Waals surface area contributed by atoms with Gasteiger partial charge < -0.3 is 21.7 Å². The fourth-order valence-electron chi connectivity index (χ4n) is 4.38. The third kappa shape index (κ3) is 5.75. The summed E-state index contributed by atoms with van der Waals surface area (Å²) in [5.74, 6) is 0.701. The maximum absolute atomic E-state index is 12.5. The summed E-state index contributed by atoms with van der Waals surface area (Å²) >= 11 is 0. The van der Waals surface area contributed by atoms with Gasteiger partial charge in [0.15, 0.2) is 5.65 Å². The standard InChI is InChI=1S/C26H30N8O/c27-20-3-7-22(8-4-20)32-24-17-23(25-29-15-16-34(25)33-24)31-21-5-1-19(2-6-21)26(35)30-14-11-18-9-12-28-13-10-18/h1-2,5-6,9-10,12-13,15-17,20,22,31H,3-4,7-8,11,14,27H2,(H,30,35)(H,32,33). The van der Waals surface area contributed by atoms with E-state index in [1.54, 1.807) is 23.1 Å². The Labute approximate surface area is 204 Å². The highest BCUT2D eigenvalue weighted by molar-refractivity contribution is 5.94. The fraction of sp³-hybridized carbons (Fsp3) is 0.308. The van der Waals surface area contributed by atoms with E-state index in [0.717, 1.165) is 60.5 Å². The van der Waals surface area contributed by atoms with Gasteiger partial charge in [-0.15, -0.1) is 5.10 Å². The Balaban J connectivity index is 1.23. The third-order valence-electron chi connectivity index (χ3n) is 6.36. The quantitative estimate of drug-likeness (QED) is 0.311. The Morgan fingerprint density at radius 3 is 2.57 bits per heavy atom. The van der Waals surface area contributed by atoms with Gasteiger partial charge in [0.2, 0.25) is 0 Å². The number of nitrogens with zero attached hydrogens (tertiary/aromatic N) is 4. The summed E-state index contributed by atoms with van der Waals surface area (Å²) in [6, 6.07) is 14.0. The van der Waals surface area contributed by atoms with Crippen molar-refractivity contribution in [3.63, 3.8) is 0 Å². The minimum absolute atomic E-state index is 0.0937. The predicted molar refractivity (Wildman–Crippen MR) is 137 cm³/mol. The number of anilines is 3. The molecule has 3 aromatic heterocycles. The first-order chi connectivity index (χ1) is 17.1. The number of hydrogen-bond acceptors (Lipinski definition) is 7. The zero-order chi connectivity index (χ0) is 24.0. The van der Waals surface area contributed by atoms with Crippen molar-refractivity contribution in [3.05, 3.63) is 78.4 Å². The molecular formula is C26H30N8O. The summed E-state index contributed by atoms with van der Waals surface area (Å²) in [6.07, 6.45) is 12.0. The molecule has 0 radical (unpaired) electrons. The monoisotopic (exact) mass is 470 g/mol. The van der Waals surface area contributed by atoms with Gasteiger partial charge in [0.05, 0.1) is 5.69 Å². The lowest BCUT2D eigenvalue weighted by Gasteiger charge is -2.27. The zero-order valence-corrected chi connectivity index (χ0v) is 19.5. The molecule has 1 aromatic carbocycles. The Kier molecular flexibility index (Phi) is 6.85. The molecule has 1 amide bonds. The highest BCUT2D eigenvalue weighted by atomic mass is 16.1. The number of benzene rings is 1. The van der Waals surface area contributed by atoms with Crippen molar-refractivity contribution in [1.29, 1.82) is 0 Å². The smallest absolute Gasteiger partial charge is 0.251 e. The van der Waals surface area contributed by atoms with E-state index in [-0.39, 0.29) is 5.91 Å². The van der Waals surface area contributed by atoms with E-state index in [1.165, 1.54) is 0 Å². The van der Waals surface area contributed by atoms with E-state index in [9.17, 15) is 4.79 Å². The molecule has 4 aromatic rings. The van der Waals surface area contributed by atoms with Gasteiger partial charge in [0, 0.05) is 60.7 Å². The van der Waals surface area contributed by atoms with Gasteiger partial charge in [-0.25, -0.2) is 9.50 Å². The molecule has 0 aliphatic heterocycles. The van der Waals surface area contributed by atoms with Crippen molar-refractivity contribution in [2.75, 3.05) is 17.2 Å². The molecule has 1 fully saturated rings. The third-order valence-corrected chi connectivity index (χ3v) is 6.36. The number of hydrogen-bond donors (Lipinski definition) is 4. The second-order valence-corrected chi connectivity index (χ2v) is 8.96. The van der Waals surface area contributed by atoms with Gasteiger partial charge in [-0.05, 0) is 74.1 Å². The number of aromatic nitrogens is 4. The van der Waals surface area contributed by atoms with E-state index in [2.05, 4.69) is 31.0 Å². The molecule has 0 spiro atoms. The van der Waals surface area contributed by atoms with Crippen LogP contribution in [0.25, 0.3) is 5.65 Å². The lowest BCUT2D eigenvalue weighted by Crippen LogP contribution is -2.33. The van der Waals surface area contributed by atoms with Crippen LogP contribution in [0.2, 0.25) is 0 Å². The van der Waals surface area contributed by atoms with Crippen LogP contribution in [0.3, 0.4) is 0 Å². The van der Waals surface area contributed by atoms with Crippen LogP contribution in [0, 0.1) is 0 Å². The van der Waals surface area contributed by atoms with E-state index in [1.807, 2.05) is 48.7 Å². The lowest BCUT2D eigenvalue weighted by molar-refractivity contribution is 0.0954. The van der Waals surface area contributed by atoms with Crippen LogP contribution in [0.1, 0.15) is 41.6 Å². The van der Waals surface area contributed by atoms with Gasteiger partial charge in [0.25, 0.3) is 5.91 Å². The van der Waals surface area contributed by atoms with Crippen LogP contribution in [-0.2, 0) is 6.42 Å². The molecule has 180 valence electrons. The molecule has 1 aliphatic rings. The highest BCUT2D eigenvalue weighted by Crippen LogP contribution is 2.26. The molecule has 0 bridgehead atoms. The van der Waals surface area contributed by atoms with E-state index >= 15 is 0 Å². The van der Waals surface area contributed by atoms with Crippen LogP contribution in [-0.4, -0.2) is 44.1 Å². The molecule has 9 nitrogen and oxygen atoms in total. The van der Waals surface area contributed by atoms with Crippen LogP contribution >= 0.6 is 0 Å². The summed E-state index contributed by atoms with van der Waals surface area (Å²) in [4.78, 5) is 21.0. The largest absolute Gasteiger partial charge is 0.366 e. The number of fused-ring (bicyclic) bond motifs is 1. The highest BCUT2D eigenvalue weighted by Gasteiger charge is 2.19. The fourth-order valence-corrected chi connectivity index (χ4v) is 4.38. The number of carbonyl (C=O) groups excluding carboxylic acids is 1. The second kappa shape index (κ2) is 10.5. The van der Waals surface area contributed by atoms with Crippen LogP contribution in [0.5, 0.6) is 0 Å². The number of pyridine rings is 1. The number of rotatable bonds is 8. The average Bonchev–Trinajstić information content (AvgIpc) is 3.36. The first-order valence-corrected chi connectivity index (χ1v) is 12.0. The molecule has 5 N–H and O–H groups in total. The van der Waals surface area contributed by atoms with E-state index < -0.39 is 0 Å². The van der Waals surface area contributed by atoms with Gasteiger partial charge in [-0.1, -0.05) is 0 Å². The summed E-state index contributed by atoms with van der Waals surface area (Å²) in [5.41, 5.74) is 10.2. The van der Waals surface area contributed by atoms with Gasteiger partial charge >= 0.3 is 0 Å². The Morgan fingerprint density at radius 1 is 1.03 bits per heavy atom. The van der Waals surface area contributed by atoms with Crippen molar-refractivity contribution in [2.45, 2.75) is 44.2 Å². The zero-order valence-electron chi connectivity index (χ0n) is 19.5. The number of amides is 1. The molecular weight excluding hydrogens is 440 g/mol. The van der Waals surface area contributed by atoms with Crippen molar-refractivity contribution in [3.8, 4) is 0 Å². The summed E-state index contributed by atoms with van der Waals surface area (Å²) < 4.78 is 1.77. The molecule has 5 rings (SSSR count). The van der Waals surface area contributed by atoms with Gasteiger partial charge in [-0.2, -0.15) is 0 Å². The maximum atomic E-state index is 12.5. The Morgan fingerprint density at radius 2 is 1.80 bits per heavy atom. The molecule has 0 atom stereocenters. The van der Waals surface area contributed by atoms with Crippen molar-refractivity contribution < 1.29 is 4.79 Å². The summed E-state index contributed by atoms with van der Waals surface area (Å²) in [5, 5.41) is 14.6. The molecule has 3 heterocycles. The molecule has 1 saturated carbocycles. The number of carbonyl (C=O) groups is 1. The lowest BCUT2D eigenvalue weighted by atomic mass is 9.92. The molecule has 0 saturated heterocycles. The van der Waals surface area contributed by atoms with E-state index in [4.69, 9.17) is 5.73 Å². The van der Waals surface area contributed by atoms with Gasteiger partial charge in [0.1, 0.15) is 5.82 Å².